The van der Waals surface area contributed by atoms with Gasteiger partial charge < -0.3 is 9.84 Å². The smallest absolute Gasteiger partial charge is 0.318 e. The third kappa shape index (κ3) is 4.53. The van der Waals surface area contributed by atoms with E-state index in [2.05, 4.69) is 13.8 Å². The molecule has 3 nitrogen and oxygen atoms in total. The molecule has 0 radical (unpaired) electrons. The fraction of sp³-hybridized carbons (Fsp3) is 0.632. The molecule has 136 valence electrons. The van der Waals surface area contributed by atoms with Crippen molar-refractivity contribution in [3.63, 3.8) is 0 Å². The molecular weight excluding hydrogens is 314 g/mol. The average Bonchev–Trinajstić information content (AvgIpc) is 2.54. The van der Waals surface area contributed by atoms with E-state index >= 15 is 0 Å². The Morgan fingerprint density at radius 2 is 1.79 bits per heavy atom. The first-order valence-electron chi connectivity index (χ1n) is 8.59. The number of carbonyl (C=O) groups excluding carboxylic acids is 1. The van der Waals surface area contributed by atoms with Crippen LogP contribution in [0.5, 0.6) is 0 Å². The number of carbonyl (C=O) groups is 1. The lowest BCUT2D eigenvalue weighted by Crippen LogP contribution is -2.45. The van der Waals surface area contributed by atoms with E-state index in [0.717, 1.165) is 12.0 Å². The van der Waals surface area contributed by atoms with Gasteiger partial charge in [0, 0.05) is 0 Å². The predicted molar refractivity (Wildman–Crippen MR) is 90.1 cm³/mol. The highest BCUT2D eigenvalue weighted by Crippen LogP contribution is 2.39. The van der Waals surface area contributed by atoms with Gasteiger partial charge in [0.25, 0.3) is 6.43 Å². The van der Waals surface area contributed by atoms with Crippen molar-refractivity contribution in [2.75, 3.05) is 6.61 Å². The third-order valence-electron chi connectivity index (χ3n) is 4.53. The summed E-state index contributed by atoms with van der Waals surface area (Å²) >= 11 is 0. The van der Waals surface area contributed by atoms with Crippen molar-refractivity contribution in [3.8, 4) is 0 Å². The molecule has 3 atom stereocenters. The molecule has 0 amide bonds. The van der Waals surface area contributed by atoms with Gasteiger partial charge in [0.2, 0.25) is 0 Å². The molecule has 0 saturated carbocycles. The van der Waals surface area contributed by atoms with Crippen LogP contribution >= 0.6 is 0 Å². The molecule has 0 spiro atoms. The first kappa shape index (κ1) is 20.6. The molecule has 0 aliphatic carbocycles. The first-order valence-corrected chi connectivity index (χ1v) is 8.59. The quantitative estimate of drug-likeness (QED) is 0.666. The SMILES string of the molecule is CCCC(O)(c1ccc(C(C)CC)cc1)C(C(=O)OCC)C(F)F. The zero-order chi connectivity index (χ0) is 18.3. The van der Waals surface area contributed by atoms with E-state index < -0.39 is 23.9 Å². The fourth-order valence-electron chi connectivity index (χ4n) is 2.93. The minimum atomic E-state index is -3.00. The molecule has 0 heterocycles. The summed E-state index contributed by atoms with van der Waals surface area (Å²) in [6, 6.07) is 6.95. The van der Waals surface area contributed by atoms with Crippen molar-refractivity contribution < 1.29 is 23.4 Å². The molecule has 0 aliphatic heterocycles. The van der Waals surface area contributed by atoms with Gasteiger partial charge in [0.1, 0.15) is 5.60 Å². The van der Waals surface area contributed by atoms with E-state index in [9.17, 15) is 18.7 Å². The van der Waals surface area contributed by atoms with E-state index in [0.29, 0.717) is 17.9 Å². The van der Waals surface area contributed by atoms with Gasteiger partial charge in [-0.2, -0.15) is 0 Å². The van der Waals surface area contributed by atoms with Crippen LogP contribution in [0.15, 0.2) is 24.3 Å². The number of esters is 1. The molecule has 1 aromatic carbocycles. The predicted octanol–water partition coefficient (Wildman–Crippen LogP) is 4.63. The maximum absolute atomic E-state index is 13.6. The molecule has 0 fully saturated rings. The van der Waals surface area contributed by atoms with Crippen molar-refractivity contribution in [2.45, 2.75) is 64.9 Å². The highest BCUT2D eigenvalue weighted by atomic mass is 19.3. The Kier molecular flexibility index (Phi) is 7.80. The summed E-state index contributed by atoms with van der Waals surface area (Å²) in [4.78, 5) is 12.0. The number of aliphatic hydroxyl groups is 1. The van der Waals surface area contributed by atoms with Gasteiger partial charge in [-0.25, -0.2) is 8.78 Å². The summed E-state index contributed by atoms with van der Waals surface area (Å²) in [5.41, 5.74) is -0.539. The van der Waals surface area contributed by atoms with Crippen molar-refractivity contribution in [1.29, 1.82) is 0 Å². The van der Waals surface area contributed by atoms with Gasteiger partial charge in [0.05, 0.1) is 6.61 Å². The molecule has 0 saturated heterocycles. The van der Waals surface area contributed by atoms with Crippen LogP contribution in [-0.2, 0) is 15.1 Å². The normalized spacial score (nSPS) is 16.5. The van der Waals surface area contributed by atoms with E-state index in [1.165, 1.54) is 0 Å². The second kappa shape index (κ2) is 9.11. The monoisotopic (exact) mass is 342 g/mol. The summed E-state index contributed by atoms with van der Waals surface area (Å²) in [5, 5.41) is 11.0. The molecule has 1 aromatic rings. The summed E-state index contributed by atoms with van der Waals surface area (Å²) in [6.45, 7) is 7.48. The lowest BCUT2D eigenvalue weighted by molar-refractivity contribution is -0.173. The van der Waals surface area contributed by atoms with Crippen molar-refractivity contribution in [3.05, 3.63) is 35.4 Å². The van der Waals surface area contributed by atoms with Crippen LogP contribution in [0.2, 0.25) is 0 Å². The molecule has 1 rings (SSSR count). The summed E-state index contributed by atoms with van der Waals surface area (Å²) in [5.74, 6) is -2.62. The van der Waals surface area contributed by atoms with Crippen molar-refractivity contribution in [1.82, 2.24) is 0 Å². The van der Waals surface area contributed by atoms with E-state index in [1.807, 2.05) is 12.1 Å². The molecule has 1 N–H and O–H groups in total. The van der Waals surface area contributed by atoms with Crippen LogP contribution < -0.4 is 0 Å². The number of benzene rings is 1. The third-order valence-corrected chi connectivity index (χ3v) is 4.53. The van der Waals surface area contributed by atoms with Gasteiger partial charge in [0.15, 0.2) is 5.92 Å². The molecule has 24 heavy (non-hydrogen) atoms. The fourth-order valence-corrected chi connectivity index (χ4v) is 2.93. The Bertz CT molecular complexity index is 516. The second-order valence-corrected chi connectivity index (χ2v) is 6.17. The maximum Gasteiger partial charge on any atom is 0.318 e. The Balaban J connectivity index is 3.28. The van der Waals surface area contributed by atoms with Crippen LogP contribution in [0.25, 0.3) is 0 Å². The largest absolute Gasteiger partial charge is 0.466 e. The summed E-state index contributed by atoms with van der Waals surface area (Å²) in [7, 11) is 0. The molecule has 0 bridgehead atoms. The molecule has 0 aliphatic rings. The number of ether oxygens (including phenoxy) is 1. The van der Waals surface area contributed by atoms with Gasteiger partial charge in [-0.3, -0.25) is 4.79 Å². The zero-order valence-electron chi connectivity index (χ0n) is 14.9. The Hall–Kier alpha value is -1.49. The van der Waals surface area contributed by atoms with E-state index in [-0.39, 0.29) is 13.0 Å². The first-order chi connectivity index (χ1) is 11.3. The number of hydrogen-bond donors (Lipinski definition) is 1. The molecule has 3 unspecified atom stereocenters. The lowest BCUT2D eigenvalue weighted by atomic mass is 9.77. The highest BCUT2D eigenvalue weighted by molar-refractivity contribution is 5.75. The van der Waals surface area contributed by atoms with Crippen LogP contribution in [-0.4, -0.2) is 24.1 Å². The Morgan fingerprint density at radius 1 is 1.21 bits per heavy atom. The van der Waals surface area contributed by atoms with Crippen LogP contribution in [0.1, 0.15) is 64.0 Å². The highest BCUT2D eigenvalue weighted by Gasteiger charge is 2.48. The van der Waals surface area contributed by atoms with Crippen LogP contribution in [0, 0.1) is 5.92 Å². The van der Waals surface area contributed by atoms with Crippen molar-refractivity contribution in [2.24, 2.45) is 5.92 Å². The van der Waals surface area contributed by atoms with Gasteiger partial charge in [-0.1, -0.05) is 51.5 Å². The Labute approximate surface area is 143 Å². The number of rotatable bonds is 9. The Morgan fingerprint density at radius 3 is 2.21 bits per heavy atom. The van der Waals surface area contributed by atoms with Gasteiger partial charge in [-0.05, 0) is 36.8 Å². The summed E-state index contributed by atoms with van der Waals surface area (Å²) in [6.07, 6.45) is -1.52. The maximum atomic E-state index is 13.6. The number of hydrogen-bond acceptors (Lipinski definition) is 3. The molecular formula is C19H28F2O3. The summed E-state index contributed by atoms with van der Waals surface area (Å²) < 4.78 is 31.9. The average molecular weight is 342 g/mol. The van der Waals surface area contributed by atoms with Crippen LogP contribution in [0.3, 0.4) is 0 Å². The van der Waals surface area contributed by atoms with E-state index in [4.69, 9.17) is 4.74 Å². The van der Waals surface area contributed by atoms with Crippen LogP contribution in [0.4, 0.5) is 8.78 Å². The van der Waals surface area contributed by atoms with Gasteiger partial charge in [-0.15, -0.1) is 0 Å². The number of alkyl halides is 2. The van der Waals surface area contributed by atoms with Crippen molar-refractivity contribution >= 4 is 5.97 Å². The minimum Gasteiger partial charge on any atom is -0.466 e. The van der Waals surface area contributed by atoms with E-state index in [1.54, 1.807) is 26.0 Å². The minimum absolute atomic E-state index is 0.00277. The number of halogens is 2. The zero-order valence-corrected chi connectivity index (χ0v) is 14.9. The lowest BCUT2D eigenvalue weighted by Gasteiger charge is -2.35. The molecule has 5 heteroatoms. The second-order valence-electron chi connectivity index (χ2n) is 6.17. The topological polar surface area (TPSA) is 46.5 Å². The van der Waals surface area contributed by atoms with Gasteiger partial charge >= 0.3 is 5.97 Å². The molecule has 0 aromatic heterocycles. The standard InChI is InChI=1S/C19H28F2O3/c1-5-12-19(23,16(17(20)21)18(22)24-7-3)15-10-8-14(9-11-15)13(4)6-2/h8-11,13,16-17,23H,5-7,12H2,1-4H3.